The molecule has 0 aliphatic carbocycles. The molecule has 0 atom stereocenters. The van der Waals surface area contributed by atoms with Gasteiger partial charge in [-0.15, -0.1) is 0 Å². The molecule has 0 unspecified atom stereocenters. The van der Waals surface area contributed by atoms with Gasteiger partial charge in [0.1, 0.15) is 0 Å². The van der Waals surface area contributed by atoms with Crippen molar-refractivity contribution < 1.29 is 79.6 Å². The van der Waals surface area contributed by atoms with E-state index in [0.29, 0.717) is 0 Å². The van der Waals surface area contributed by atoms with Crippen LogP contribution in [0.2, 0.25) is 0 Å². The molecule has 32 heavy (non-hydrogen) atoms. The molecule has 0 bridgehead atoms. The molecule has 1 amide bonds. The van der Waals surface area contributed by atoms with E-state index in [-0.39, 0.29) is 10.8 Å². The van der Waals surface area contributed by atoms with Crippen molar-refractivity contribution >= 4 is 26.0 Å². The summed E-state index contributed by atoms with van der Waals surface area (Å²) in [6.45, 7) is -2.59. The van der Waals surface area contributed by atoms with Crippen molar-refractivity contribution in [1.29, 1.82) is 0 Å². The number of halogens is 13. The number of amides is 1. The van der Waals surface area contributed by atoms with Crippen LogP contribution in [0.25, 0.3) is 0 Å². The van der Waals surface area contributed by atoms with Gasteiger partial charge >= 0.3 is 51.0 Å². The molecule has 2 N–H and O–H groups in total. The van der Waals surface area contributed by atoms with Gasteiger partial charge in [0.05, 0.1) is 13.0 Å². The summed E-state index contributed by atoms with van der Waals surface area (Å²) in [4.78, 5) is 11.0. The van der Waals surface area contributed by atoms with E-state index in [2.05, 4.69) is 4.74 Å². The Morgan fingerprint density at radius 2 is 1.25 bits per heavy atom. The third kappa shape index (κ3) is 6.35. The number of alkyl halides is 13. The minimum Gasteiger partial charge on any atom is -0.449 e. The lowest BCUT2D eigenvalue weighted by molar-refractivity contribution is -0.440. The zero-order valence-electron chi connectivity index (χ0n) is 14.6. The van der Waals surface area contributed by atoms with Crippen LogP contribution in [-0.2, 0) is 13.9 Å². The molecule has 0 aromatic carbocycles. The predicted molar refractivity (Wildman–Crippen MR) is 78.8 cm³/mol. The highest BCUT2D eigenvalue weighted by molar-refractivity contribution is 8.69. The fraction of sp³-hybridized carbons (Fsp3) is 0.909. The Morgan fingerprint density at radius 3 is 1.66 bits per heavy atom. The van der Waals surface area contributed by atoms with Crippen LogP contribution in [0.1, 0.15) is 6.42 Å². The molecule has 0 saturated heterocycles. The van der Waals surface area contributed by atoms with Crippen molar-refractivity contribution in [2.45, 2.75) is 42.2 Å². The van der Waals surface area contributed by atoms with Crippen molar-refractivity contribution in [3.8, 4) is 0 Å². The SMILES string of the molecule is O=C(NCCSS(=O)(=O)O)OCCC(F)(F)C(F)(F)C(F)(F)C(F)(F)C(F)(F)C(F)(F)F. The summed E-state index contributed by atoms with van der Waals surface area (Å²) in [6.07, 6.45) is -12.0. The van der Waals surface area contributed by atoms with Crippen molar-refractivity contribution in [2.24, 2.45) is 0 Å². The van der Waals surface area contributed by atoms with Gasteiger partial charge in [0.2, 0.25) is 0 Å². The predicted octanol–water partition coefficient (Wildman–Crippen LogP) is 4.38. The van der Waals surface area contributed by atoms with Gasteiger partial charge in [-0.05, 0) is 10.8 Å². The largest absolute Gasteiger partial charge is 0.460 e. The van der Waals surface area contributed by atoms with Crippen LogP contribution < -0.4 is 5.32 Å². The van der Waals surface area contributed by atoms with E-state index in [0.717, 1.165) is 0 Å². The Balaban J connectivity index is 5.26. The smallest absolute Gasteiger partial charge is 0.449 e. The minimum atomic E-state index is -8.02. The van der Waals surface area contributed by atoms with E-state index in [1.807, 2.05) is 0 Å². The topological polar surface area (TPSA) is 92.7 Å². The fourth-order valence-corrected chi connectivity index (χ4v) is 2.86. The molecule has 0 spiro atoms. The summed E-state index contributed by atoms with van der Waals surface area (Å²) in [5.41, 5.74) is 0. The van der Waals surface area contributed by atoms with Crippen LogP contribution in [0.3, 0.4) is 0 Å². The Hall–Kier alpha value is -1.38. The third-order valence-corrected chi connectivity index (χ3v) is 5.31. The van der Waals surface area contributed by atoms with Gasteiger partial charge in [0, 0.05) is 12.3 Å². The Bertz CT molecular complexity index is 769. The standard InChI is InChI=1S/C11H10F13NO5S2/c12-6(13,1-3-30-5(26)25-2-4-31-32(27,28)29)7(14,15)8(16,17)9(18,19)10(20,21)11(22,23)24/h1-4H2,(H,25,26)(H,27,28,29). The van der Waals surface area contributed by atoms with Crippen molar-refractivity contribution in [3.63, 3.8) is 0 Å². The van der Waals surface area contributed by atoms with E-state index in [1.165, 1.54) is 0 Å². The van der Waals surface area contributed by atoms with Crippen molar-refractivity contribution in [1.82, 2.24) is 5.32 Å². The van der Waals surface area contributed by atoms with Crippen LogP contribution in [0.4, 0.5) is 61.9 Å². The lowest BCUT2D eigenvalue weighted by Crippen LogP contribution is -2.70. The molecule has 0 fully saturated rings. The van der Waals surface area contributed by atoms with Gasteiger partial charge in [0.25, 0.3) is 0 Å². The number of ether oxygens (including phenoxy) is 1. The monoisotopic (exact) mass is 547 g/mol. The van der Waals surface area contributed by atoms with Crippen LogP contribution in [-0.4, -0.2) is 73.8 Å². The first-order chi connectivity index (χ1) is 13.9. The second-order valence-corrected chi connectivity index (χ2v) is 9.03. The van der Waals surface area contributed by atoms with E-state index < -0.39 is 76.4 Å². The number of hydrogen-bond donors (Lipinski definition) is 2. The van der Waals surface area contributed by atoms with Crippen LogP contribution in [0.5, 0.6) is 0 Å². The van der Waals surface area contributed by atoms with Gasteiger partial charge in [-0.3, -0.25) is 4.55 Å². The number of rotatable bonds is 11. The summed E-state index contributed by atoms with van der Waals surface area (Å²) in [6, 6.07) is 0. The van der Waals surface area contributed by atoms with Crippen LogP contribution in [0, 0.1) is 0 Å². The number of carbonyl (C=O) groups is 1. The van der Waals surface area contributed by atoms with Gasteiger partial charge in [-0.25, -0.2) is 4.79 Å². The molecule has 0 heterocycles. The lowest BCUT2D eigenvalue weighted by atomic mass is 9.93. The summed E-state index contributed by atoms with van der Waals surface area (Å²) in [5.74, 6) is -38.2. The quantitative estimate of drug-likeness (QED) is 0.173. The minimum absolute atomic E-state index is 0.142. The molecule has 0 aromatic heterocycles. The number of alkyl carbamates (subject to hydrolysis) is 1. The van der Waals surface area contributed by atoms with E-state index >= 15 is 0 Å². The first-order valence-electron chi connectivity index (χ1n) is 7.33. The summed E-state index contributed by atoms with van der Waals surface area (Å²) in [5, 5.41) is 1.59. The first-order valence-corrected chi connectivity index (χ1v) is 10.3. The third-order valence-electron chi connectivity index (χ3n) is 3.25. The molecule has 6 nitrogen and oxygen atoms in total. The summed E-state index contributed by atoms with van der Waals surface area (Å²) < 4.78 is 200. The van der Waals surface area contributed by atoms with E-state index in [9.17, 15) is 70.3 Å². The fourth-order valence-electron chi connectivity index (χ4n) is 1.58. The molecule has 0 aliphatic heterocycles. The zero-order valence-corrected chi connectivity index (χ0v) is 16.3. The summed E-state index contributed by atoms with van der Waals surface area (Å²) >= 11 is 0. The van der Waals surface area contributed by atoms with E-state index in [4.69, 9.17) is 4.55 Å². The second kappa shape index (κ2) is 9.47. The molecule has 0 aliphatic rings. The maximum Gasteiger partial charge on any atom is 0.460 e. The van der Waals surface area contributed by atoms with Gasteiger partial charge < -0.3 is 10.1 Å². The van der Waals surface area contributed by atoms with Gasteiger partial charge in [-0.1, -0.05) is 0 Å². The molecule has 21 heteroatoms. The van der Waals surface area contributed by atoms with Crippen molar-refractivity contribution in [3.05, 3.63) is 0 Å². The Labute approximate surface area is 173 Å². The second-order valence-electron chi connectivity index (χ2n) is 5.56. The highest BCUT2D eigenvalue weighted by Crippen LogP contribution is 2.60. The maximum atomic E-state index is 13.4. The first kappa shape index (κ1) is 30.6. The highest BCUT2D eigenvalue weighted by Gasteiger charge is 2.90. The molecular weight excluding hydrogens is 537 g/mol. The van der Waals surface area contributed by atoms with Gasteiger partial charge in [-0.2, -0.15) is 65.5 Å². The normalized spacial score (nSPS) is 14.9. The molecule has 192 valence electrons. The lowest BCUT2D eigenvalue weighted by Gasteiger charge is -2.39. The molecule has 0 saturated carbocycles. The maximum absolute atomic E-state index is 13.4. The van der Waals surface area contributed by atoms with Gasteiger partial charge in [0.15, 0.2) is 0 Å². The number of carbonyl (C=O) groups excluding carboxylic acids is 1. The van der Waals surface area contributed by atoms with Crippen LogP contribution in [0.15, 0.2) is 0 Å². The molecule has 0 aromatic rings. The van der Waals surface area contributed by atoms with E-state index in [1.54, 1.807) is 5.32 Å². The average molecular weight is 547 g/mol. The Morgan fingerprint density at radius 1 is 0.812 bits per heavy atom. The highest BCUT2D eigenvalue weighted by atomic mass is 33.1. The number of hydrogen-bond acceptors (Lipinski definition) is 5. The zero-order chi connectivity index (χ0) is 26.0. The Kier molecular flexibility index (Phi) is 9.06. The molecular formula is C11H10F13NO5S2. The number of nitrogens with one attached hydrogen (secondary N) is 1. The molecule has 0 radical (unpaired) electrons. The summed E-state index contributed by atoms with van der Waals surface area (Å²) in [7, 11) is -4.68. The average Bonchev–Trinajstić information content (AvgIpc) is 2.56. The molecule has 0 rings (SSSR count). The van der Waals surface area contributed by atoms with Crippen molar-refractivity contribution in [2.75, 3.05) is 18.9 Å². The van der Waals surface area contributed by atoms with Crippen LogP contribution >= 0.6 is 10.8 Å².